The fourth-order valence-electron chi connectivity index (χ4n) is 3.53. The van der Waals surface area contributed by atoms with Crippen LogP contribution in [0, 0.1) is 0 Å². The van der Waals surface area contributed by atoms with E-state index in [1.54, 1.807) is 73.1 Å². The number of hydrazine groups is 1. The summed E-state index contributed by atoms with van der Waals surface area (Å²) in [6, 6.07) is 16.8. The number of aryl methyl sites for hydroxylation is 1. The summed E-state index contributed by atoms with van der Waals surface area (Å²) in [5, 5.41) is 5.12. The van der Waals surface area contributed by atoms with Gasteiger partial charge in [0.25, 0.3) is 17.4 Å². The molecule has 4 aromatic rings. The Hall–Kier alpha value is -4.53. The lowest BCUT2D eigenvalue weighted by Gasteiger charge is -2.12. The first kappa shape index (κ1) is 23.6. The second-order valence-electron chi connectivity index (χ2n) is 7.85. The second-order valence-corrected chi connectivity index (χ2v) is 7.85. The summed E-state index contributed by atoms with van der Waals surface area (Å²) >= 11 is 0. The molecule has 35 heavy (non-hydrogen) atoms. The molecule has 2 N–H and O–H groups in total. The fraction of sp³-hybridized carbons (Fsp3) is 0.192. The summed E-state index contributed by atoms with van der Waals surface area (Å²) in [5.74, 6) is -0.00511. The van der Waals surface area contributed by atoms with Crippen molar-refractivity contribution >= 4 is 22.6 Å². The van der Waals surface area contributed by atoms with Gasteiger partial charge in [-0.1, -0.05) is 38.0 Å². The quantitative estimate of drug-likeness (QED) is 0.298. The van der Waals surface area contributed by atoms with E-state index in [4.69, 9.17) is 4.74 Å². The summed E-state index contributed by atoms with van der Waals surface area (Å²) in [7, 11) is 0. The number of fused-ring (bicyclic) bond motifs is 1. The van der Waals surface area contributed by atoms with Crippen LogP contribution in [0.5, 0.6) is 11.5 Å². The Morgan fingerprint density at radius 1 is 0.886 bits per heavy atom. The van der Waals surface area contributed by atoms with Gasteiger partial charge >= 0.3 is 0 Å². The second kappa shape index (κ2) is 11.1. The van der Waals surface area contributed by atoms with Gasteiger partial charge < -0.3 is 4.74 Å². The van der Waals surface area contributed by atoms with E-state index >= 15 is 0 Å². The third kappa shape index (κ3) is 5.70. The molecule has 2 amide bonds. The molecule has 0 aliphatic rings. The number of unbranched alkanes of at least 4 members (excludes halogenated alkanes) is 2. The van der Waals surface area contributed by atoms with Gasteiger partial charge in [0.15, 0.2) is 5.69 Å². The highest BCUT2D eigenvalue weighted by atomic mass is 16.5. The Bertz CT molecular complexity index is 1380. The summed E-state index contributed by atoms with van der Waals surface area (Å²) in [6.45, 7) is 2.48. The predicted octanol–water partition coefficient (Wildman–Crippen LogP) is 3.85. The minimum absolute atomic E-state index is 0.0669. The van der Waals surface area contributed by atoms with Gasteiger partial charge in [-0.05, 0) is 48.9 Å². The van der Waals surface area contributed by atoms with Gasteiger partial charge in [0.05, 0.1) is 11.6 Å². The number of carbonyl (C=O) groups excluding carboxylic acids is 2. The molecule has 0 bridgehead atoms. The first-order chi connectivity index (χ1) is 17.1. The van der Waals surface area contributed by atoms with Crippen LogP contribution in [0.3, 0.4) is 0 Å². The fourth-order valence-corrected chi connectivity index (χ4v) is 3.53. The van der Waals surface area contributed by atoms with E-state index in [0.29, 0.717) is 34.4 Å². The molecule has 0 saturated carbocycles. The van der Waals surface area contributed by atoms with Crippen molar-refractivity contribution in [3.05, 3.63) is 94.7 Å². The zero-order chi connectivity index (χ0) is 24.6. The van der Waals surface area contributed by atoms with Gasteiger partial charge in [-0.2, -0.15) is 5.10 Å². The lowest BCUT2D eigenvalue weighted by Crippen LogP contribution is -2.42. The standard InChI is InChI=1S/C26H25N5O4/c1-2-3-6-16-31-26(34)22-10-5-4-9-21(22)23(30-31)25(33)29-28-24(32)18-11-13-19(14-12-18)35-20-8-7-15-27-17-20/h4-5,7-15,17H,2-3,6,16H2,1H3,(H,28,32)(H,29,33). The molecule has 0 unspecified atom stereocenters. The average Bonchev–Trinajstić information content (AvgIpc) is 2.89. The number of aromatic nitrogens is 3. The highest BCUT2D eigenvalue weighted by Crippen LogP contribution is 2.20. The van der Waals surface area contributed by atoms with Crippen molar-refractivity contribution in [3.8, 4) is 11.5 Å². The van der Waals surface area contributed by atoms with Crippen LogP contribution in [-0.2, 0) is 6.54 Å². The third-order valence-electron chi connectivity index (χ3n) is 5.33. The van der Waals surface area contributed by atoms with Crippen LogP contribution in [0.1, 0.15) is 47.0 Å². The summed E-state index contributed by atoms with van der Waals surface area (Å²) in [4.78, 5) is 42.2. The molecule has 0 fully saturated rings. The van der Waals surface area contributed by atoms with E-state index in [-0.39, 0.29) is 11.3 Å². The molecular formula is C26H25N5O4. The van der Waals surface area contributed by atoms with Gasteiger partial charge in [-0.15, -0.1) is 0 Å². The number of carbonyl (C=O) groups is 2. The largest absolute Gasteiger partial charge is 0.456 e. The number of amides is 2. The minimum Gasteiger partial charge on any atom is -0.456 e. The Morgan fingerprint density at radius 2 is 1.63 bits per heavy atom. The van der Waals surface area contributed by atoms with E-state index in [9.17, 15) is 14.4 Å². The normalized spacial score (nSPS) is 10.7. The van der Waals surface area contributed by atoms with Gasteiger partial charge in [-0.25, -0.2) is 4.68 Å². The van der Waals surface area contributed by atoms with E-state index in [2.05, 4.69) is 27.9 Å². The van der Waals surface area contributed by atoms with Gasteiger partial charge in [0.1, 0.15) is 11.5 Å². The Balaban J connectivity index is 1.46. The first-order valence-corrected chi connectivity index (χ1v) is 11.4. The molecule has 9 heteroatoms. The topological polar surface area (TPSA) is 115 Å². The molecule has 0 aliphatic carbocycles. The summed E-state index contributed by atoms with van der Waals surface area (Å²) < 4.78 is 6.98. The monoisotopic (exact) mass is 471 g/mol. The SMILES string of the molecule is CCCCCn1nc(C(=O)NNC(=O)c2ccc(Oc3cccnc3)cc2)c2ccccc2c1=O. The molecule has 2 heterocycles. The van der Waals surface area contributed by atoms with Crippen molar-refractivity contribution in [3.63, 3.8) is 0 Å². The van der Waals surface area contributed by atoms with Crippen molar-refractivity contribution in [1.82, 2.24) is 25.6 Å². The maximum atomic E-state index is 12.9. The smallest absolute Gasteiger partial charge is 0.290 e. The summed E-state index contributed by atoms with van der Waals surface area (Å²) in [5.41, 5.74) is 4.95. The maximum Gasteiger partial charge on any atom is 0.290 e. The molecule has 0 aliphatic heterocycles. The van der Waals surface area contributed by atoms with E-state index in [1.807, 2.05) is 0 Å². The number of pyridine rings is 1. The number of hydrogen-bond donors (Lipinski definition) is 2. The Kier molecular flexibility index (Phi) is 7.47. The average molecular weight is 472 g/mol. The number of hydrogen-bond acceptors (Lipinski definition) is 6. The molecule has 9 nitrogen and oxygen atoms in total. The predicted molar refractivity (Wildman–Crippen MR) is 131 cm³/mol. The Labute approximate surface area is 201 Å². The molecule has 2 aromatic carbocycles. The first-order valence-electron chi connectivity index (χ1n) is 11.4. The van der Waals surface area contributed by atoms with E-state index in [0.717, 1.165) is 19.3 Å². The van der Waals surface area contributed by atoms with E-state index in [1.165, 1.54) is 4.68 Å². The number of nitrogens with one attached hydrogen (secondary N) is 2. The molecule has 0 atom stereocenters. The lowest BCUT2D eigenvalue weighted by atomic mass is 10.1. The van der Waals surface area contributed by atoms with Crippen molar-refractivity contribution in [1.29, 1.82) is 0 Å². The molecule has 2 aromatic heterocycles. The van der Waals surface area contributed by atoms with Crippen molar-refractivity contribution in [2.75, 3.05) is 0 Å². The van der Waals surface area contributed by atoms with Gasteiger partial charge in [0.2, 0.25) is 0 Å². The number of rotatable bonds is 8. The lowest BCUT2D eigenvalue weighted by molar-refractivity contribution is 0.0843. The van der Waals surface area contributed by atoms with Crippen LogP contribution in [0.4, 0.5) is 0 Å². The van der Waals surface area contributed by atoms with Gasteiger partial charge in [0, 0.05) is 23.7 Å². The van der Waals surface area contributed by atoms with Crippen molar-refractivity contribution < 1.29 is 14.3 Å². The maximum absolute atomic E-state index is 12.9. The molecule has 178 valence electrons. The summed E-state index contributed by atoms with van der Waals surface area (Å²) in [6.07, 6.45) is 5.96. The molecule has 0 radical (unpaired) electrons. The van der Waals surface area contributed by atoms with Crippen LogP contribution >= 0.6 is 0 Å². The molecular weight excluding hydrogens is 446 g/mol. The van der Waals surface area contributed by atoms with Gasteiger partial charge in [-0.3, -0.25) is 30.2 Å². The number of benzene rings is 2. The zero-order valence-electron chi connectivity index (χ0n) is 19.2. The van der Waals surface area contributed by atoms with Crippen LogP contribution in [0.2, 0.25) is 0 Å². The van der Waals surface area contributed by atoms with Crippen LogP contribution < -0.4 is 21.1 Å². The minimum atomic E-state index is -0.615. The number of ether oxygens (including phenoxy) is 1. The zero-order valence-corrected chi connectivity index (χ0v) is 19.2. The van der Waals surface area contributed by atoms with Crippen LogP contribution in [0.25, 0.3) is 10.8 Å². The van der Waals surface area contributed by atoms with Crippen LogP contribution in [0.15, 0.2) is 77.9 Å². The molecule has 0 saturated heterocycles. The Morgan fingerprint density at radius 3 is 2.34 bits per heavy atom. The number of nitrogens with zero attached hydrogens (tertiary/aromatic N) is 3. The highest BCUT2D eigenvalue weighted by Gasteiger charge is 2.17. The van der Waals surface area contributed by atoms with Crippen LogP contribution in [-0.4, -0.2) is 26.6 Å². The molecule has 4 rings (SSSR count). The highest BCUT2D eigenvalue weighted by molar-refractivity contribution is 6.06. The van der Waals surface area contributed by atoms with Crippen molar-refractivity contribution in [2.24, 2.45) is 0 Å². The van der Waals surface area contributed by atoms with Crippen molar-refractivity contribution in [2.45, 2.75) is 32.7 Å². The van der Waals surface area contributed by atoms with E-state index < -0.39 is 11.8 Å². The molecule has 0 spiro atoms. The third-order valence-corrected chi connectivity index (χ3v) is 5.33.